The van der Waals surface area contributed by atoms with Gasteiger partial charge in [0.1, 0.15) is 5.75 Å². The van der Waals surface area contributed by atoms with Crippen molar-refractivity contribution in [2.75, 3.05) is 17.3 Å². The number of carbonyl (C=O) groups excluding carboxylic acids is 2. The van der Waals surface area contributed by atoms with Gasteiger partial charge in [0.2, 0.25) is 22.8 Å². The van der Waals surface area contributed by atoms with E-state index in [4.69, 9.17) is 9.26 Å². The van der Waals surface area contributed by atoms with Gasteiger partial charge in [-0.3, -0.25) is 14.5 Å². The lowest BCUT2D eigenvalue weighted by Crippen LogP contribution is -2.30. The monoisotopic (exact) mass is 460 g/mol. The van der Waals surface area contributed by atoms with Gasteiger partial charge in [0.15, 0.2) is 10.2 Å². The van der Waals surface area contributed by atoms with E-state index in [1.807, 2.05) is 6.07 Å². The highest BCUT2D eigenvalue weighted by Crippen LogP contribution is 2.36. The van der Waals surface area contributed by atoms with Crippen LogP contribution in [0.3, 0.4) is 0 Å². The van der Waals surface area contributed by atoms with Crippen LogP contribution in [0.2, 0.25) is 0 Å². The van der Waals surface area contributed by atoms with Crippen LogP contribution in [-0.2, 0) is 21.8 Å². The molecule has 1 N–H and O–H groups in total. The first kappa shape index (κ1) is 21.2. The summed E-state index contributed by atoms with van der Waals surface area (Å²) in [5, 5.41) is 15.5. The van der Waals surface area contributed by atoms with Crippen molar-refractivity contribution in [1.29, 1.82) is 0 Å². The molecule has 2 aromatic heterocycles. The maximum Gasteiger partial charge on any atom is 0.237 e. The van der Waals surface area contributed by atoms with Crippen LogP contribution in [0.1, 0.15) is 31.5 Å². The van der Waals surface area contributed by atoms with E-state index in [1.165, 1.54) is 30.0 Å². The number of anilines is 2. The number of nitrogens with one attached hydrogen (secondary N) is 1. The Labute approximate surface area is 186 Å². The van der Waals surface area contributed by atoms with Crippen molar-refractivity contribution >= 4 is 45.7 Å². The van der Waals surface area contributed by atoms with Gasteiger partial charge in [0, 0.05) is 13.0 Å². The van der Waals surface area contributed by atoms with Gasteiger partial charge >= 0.3 is 0 Å². The normalized spacial score (nSPS) is 13.1. The summed E-state index contributed by atoms with van der Waals surface area (Å²) >= 11 is 2.75. The molecule has 10 nitrogen and oxygen atoms in total. The molecule has 0 aliphatic heterocycles. The zero-order chi connectivity index (χ0) is 21.8. The average Bonchev–Trinajstić information content (AvgIpc) is 3.28. The lowest BCUT2D eigenvalue weighted by Gasteiger charge is -2.15. The van der Waals surface area contributed by atoms with E-state index in [2.05, 4.69) is 25.7 Å². The van der Waals surface area contributed by atoms with Gasteiger partial charge in [0.25, 0.3) is 0 Å². The number of thioether (sulfide) groups is 1. The van der Waals surface area contributed by atoms with Crippen LogP contribution in [0.25, 0.3) is 0 Å². The lowest BCUT2D eigenvalue weighted by molar-refractivity contribution is -0.117. The van der Waals surface area contributed by atoms with Crippen molar-refractivity contribution < 1.29 is 18.8 Å². The Morgan fingerprint density at radius 2 is 2.13 bits per heavy atom. The number of nitrogens with zero attached hydrogens (tertiary/aromatic N) is 5. The van der Waals surface area contributed by atoms with Gasteiger partial charge < -0.3 is 14.6 Å². The standard InChI is InChI=1S/C19H20N6O4S2/c1-11(26)25(12-7-8-12)18-22-23-19(31-18)30-10-17-21-15(24-29-17)9-16(27)20-13-5-3-4-6-14(13)28-2/h3-6,12H,7-10H2,1-2H3,(H,20,27). The zero-order valence-electron chi connectivity index (χ0n) is 16.9. The summed E-state index contributed by atoms with van der Waals surface area (Å²) in [5.74, 6) is 1.33. The minimum absolute atomic E-state index is 0.0237. The summed E-state index contributed by atoms with van der Waals surface area (Å²) < 4.78 is 11.2. The molecule has 1 fully saturated rings. The van der Waals surface area contributed by atoms with Crippen molar-refractivity contribution in [3.8, 4) is 5.75 Å². The van der Waals surface area contributed by atoms with E-state index >= 15 is 0 Å². The summed E-state index contributed by atoms with van der Waals surface area (Å²) in [7, 11) is 1.54. The Hall–Kier alpha value is -2.99. The fourth-order valence-corrected chi connectivity index (χ4v) is 4.66. The topological polar surface area (TPSA) is 123 Å². The van der Waals surface area contributed by atoms with Gasteiger partial charge in [-0.15, -0.1) is 10.2 Å². The Morgan fingerprint density at radius 3 is 2.87 bits per heavy atom. The quantitative estimate of drug-likeness (QED) is 0.379. The van der Waals surface area contributed by atoms with Gasteiger partial charge in [-0.1, -0.05) is 40.4 Å². The molecule has 0 atom stereocenters. The predicted molar refractivity (Wildman–Crippen MR) is 115 cm³/mol. The number of benzene rings is 1. The number of rotatable bonds is 9. The van der Waals surface area contributed by atoms with E-state index in [9.17, 15) is 9.59 Å². The molecule has 2 amide bonds. The van der Waals surface area contributed by atoms with E-state index in [-0.39, 0.29) is 30.1 Å². The molecular weight excluding hydrogens is 440 g/mol. The second kappa shape index (κ2) is 9.43. The first-order chi connectivity index (χ1) is 15.0. The van der Waals surface area contributed by atoms with Crippen molar-refractivity contribution in [2.45, 2.75) is 42.3 Å². The molecule has 0 bridgehead atoms. The molecule has 0 spiro atoms. The second-order valence-corrected chi connectivity index (χ2v) is 8.97. The molecule has 1 aliphatic rings. The SMILES string of the molecule is COc1ccccc1NC(=O)Cc1noc(CSc2nnc(N(C(C)=O)C3CC3)s2)n1. The number of hydrogen-bond acceptors (Lipinski definition) is 10. The third-order valence-corrected chi connectivity index (χ3v) is 6.42. The number of ether oxygens (including phenoxy) is 1. The van der Waals surface area contributed by atoms with Crippen LogP contribution >= 0.6 is 23.1 Å². The Morgan fingerprint density at radius 1 is 1.32 bits per heavy atom. The Bertz CT molecular complexity index is 1080. The number of aromatic nitrogens is 4. The highest BCUT2D eigenvalue weighted by atomic mass is 32.2. The summed E-state index contributed by atoms with van der Waals surface area (Å²) in [6.45, 7) is 1.54. The van der Waals surface area contributed by atoms with Crippen molar-refractivity contribution in [2.24, 2.45) is 0 Å². The lowest BCUT2D eigenvalue weighted by atomic mass is 10.2. The van der Waals surface area contributed by atoms with Gasteiger partial charge in [-0.25, -0.2) is 0 Å². The van der Waals surface area contributed by atoms with E-state index in [1.54, 1.807) is 30.2 Å². The fraction of sp³-hybridized carbons (Fsp3) is 0.368. The highest BCUT2D eigenvalue weighted by Gasteiger charge is 2.34. The number of hydrogen-bond donors (Lipinski definition) is 1. The van der Waals surface area contributed by atoms with E-state index < -0.39 is 0 Å². The fourth-order valence-electron chi connectivity index (χ4n) is 2.87. The zero-order valence-corrected chi connectivity index (χ0v) is 18.5. The van der Waals surface area contributed by atoms with Crippen molar-refractivity contribution in [3.05, 3.63) is 36.0 Å². The van der Waals surface area contributed by atoms with Gasteiger partial charge in [0.05, 0.1) is 25.0 Å². The number of para-hydroxylation sites is 2. The second-order valence-electron chi connectivity index (χ2n) is 6.79. The number of carbonyl (C=O) groups is 2. The molecule has 1 saturated carbocycles. The molecule has 2 heterocycles. The minimum Gasteiger partial charge on any atom is -0.495 e. The molecule has 162 valence electrons. The van der Waals surface area contributed by atoms with Crippen molar-refractivity contribution in [3.63, 3.8) is 0 Å². The summed E-state index contributed by atoms with van der Waals surface area (Å²) in [4.78, 5) is 30.1. The molecule has 31 heavy (non-hydrogen) atoms. The molecular formula is C19H20N6O4S2. The van der Waals surface area contributed by atoms with E-state index in [0.29, 0.717) is 32.6 Å². The molecule has 0 radical (unpaired) electrons. The molecule has 1 aromatic carbocycles. The summed E-state index contributed by atoms with van der Waals surface area (Å²) in [6, 6.07) is 7.38. The largest absolute Gasteiger partial charge is 0.495 e. The van der Waals surface area contributed by atoms with Gasteiger partial charge in [-0.2, -0.15) is 4.98 Å². The maximum atomic E-state index is 12.3. The van der Waals surface area contributed by atoms with Gasteiger partial charge in [-0.05, 0) is 25.0 Å². The van der Waals surface area contributed by atoms with Crippen LogP contribution in [0, 0.1) is 0 Å². The third-order valence-electron chi connectivity index (χ3n) is 4.38. The molecule has 0 saturated heterocycles. The maximum absolute atomic E-state index is 12.3. The van der Waals surface area contributed by atoms with Crippen LogP contribution in [0.5, 0.6) is 5.75 Å². The smallest absolute Gasteiger partial charge is 0.237 e. The molecule has 12 heteroatoms. The molecule has 1 aliphatic carbocycles. The minimum atomic E-state index is -0.275. The third kappa shape index (κ3) is 5.39. The van der Waals surface area contributed by atoms with Crippen LogP contribution in [0.15, 0.2) is 33.1 Å². The Kier molecular flexibility index (Phi) is 6.47. The molecule has 4 rings (SSSR count). The summed E-state index contributed by atoms with van der Waals surface area (Å²) in [6.07, 6.45) is 1.97. The van der Waals surface area contributed by atoms with Crippen LogP contribution < -0.4 is 15.0 Å². The average molecular weight is 461 g/mol. The molecule has 0 unspecified atom stereocenters. The van der Waals surface area contributed by atoms with Crippen molar-refractivity contribution in [1.82, 2.24) is 20.3 Å². The van der Waals surface area contributed by atoms with Crippen LogP contribution in [-0.4, -0.2) is 45.3 Å². The van der Waals surface area contributed by atoms with Crippen LogP contribution in [0.4, 0.5) is 10.8 Å². The number of methoxy groups -OCH3 is 1. The van der Waals surface area contributed by atoms with E-state index in [0.717, 1.165) is 12.8 Å². The molecule has 3 aromatic rings. The first-order valence-corrected chi connectivity index (χ1v) is 11.3. The summed E-state index contributed by atoms with van der Waals surface area (Å²) in [5.41, 5.74) is 0.576. The highest BCUT2D eigenvalue weighted by molar-refractivity contribution is 8.00. The first-order valence-electron chi connectivity index (χ1n) is 9.54. The number of amides is 2. The Balaban J connectivity index is 1.30. The predicted octanol–water partition coefficient (Wildman–Crippen LogP) is 2.92.